The average molecular weight is 172 g/mol. The molecule has 0 amide bonds. The molecular formula is C9H20OSi. The predicted octanol–water partition coefficient (Wildman–Crippen LogP) is 1.51. The van der Waals surface area contributed by atoms with Crippen molar-refractivity contribution in [3.8, 4) is 0 Å². The van der Waals surface area contributed by atoms with Crippen LogP contribution in [0.5, 0.6) is 0 Å². The van der Waals surface area contributed by atoms with Crippen LogP contribution in [0.4, 0.5) is 0 Å². The molecule has 0 aliphatic heterocycles. The fourth-order valence-corrected chi connectivity index (χ4v) is 1.91. The maximum atomic E-state index is 5.75. The van der Waals surface area contributed by atoms with E-state index in [1.54, 1.807) is 0 Å². The summed E-state index contributed by atoms with van der Waals surface area (Å²) in [6.07, 6.45) is 8.78. The zero-order valence-electron chi connectivity index (χ0n) is 7.64. The molecule has 0 heterocycles. The lowest BCUT2D eigenvalue weighted by molar-refractivity contribution is 0.0290. The first-order chi connectivity index (χ1) is 5.43. The molecule has 66 valence electrons. The van der Waals surface area contributed by atoms with Gasteiger partial charge in [0.05, 0.1) is 6.10 Å². The Morgan fingerprint density at radius 1 is 1.18 bits per heavy atom. The van der Waals surface area contributed by atoms with Gasteiger partial charge in [0.1, 0.15) is 0 Å². The van der Waals surface area contributed by atoms with Crippen LogP contribution in [0, 0.1) is 0 Å². The normalized spacial score (nSPS) is 20.7. The van der Waals surface area contributed by atoms with Crippen LogP contribution in [-0.2, 0) is 4.74 Å². The Balaban J connectivity index is 1.96. The second-order valence-electron chi connectivity index (χ2n) is 3.48. The summed E-state index contributed by atoms with van der Waals surface area (Å²) < 4.78 is 5.75. The second-order valence-corrected chi connectivity index (χ2v) is 4.48. The van der Waals surface area contributed by atoms with Crippen molar-refractivity contribution in [2.24, 2.45) is 0 Å². The number of rotatable bonds is 4. The van der Waals surface area contributed by atoms with Gasteiger partial charge in [-0.1, -0.05) is 25.3 Å². The van der Waals surface area contributed by atoms with Crippen molar-refractivity contribution in [1.29, 1.82) is 0 Å². The Kier molecular flexibility index (Phi) is 4.87. The van der Waals surface area contributed by atoms with Crippen LogP contribution in [-0.4, -0.2) is 23.0 Å². The Labute approximate surface area is 72.9 Å². The highest BCUT2D eigenvalue weighted by Crippen LogP contribution is 2.20. The highest BCUT2D eigenvalue weighted by Gasteiger charge is 2.12. The third-order valence-electron chi connectivity index (χ3n) is 2.40. The molecule has 1 aliphatic carbocycles. The van der Waals surface area contributed by atoms with E-state index in [-0.39, 0.29) is 0 Å². The van der Waals surface area contributed by atoms with E-state index in [0.29, 0.717) is 6.10 Å². The maximum absolute atomic E-state index is 5.75. The van der Waals surface area contributed by atoms with Gasteiger partial charge in [-0.05, 0) is 19.3 Å². The summed E-state index contributed by atoms with van der Waals surface area (Å²) in [5, 5.41) is 0. The van der Waals surface area contributed by atoms with Crippen molar-refractivity contribution < 1.29 is 4.74 Å². The molecule has 1 nitrogen and oxygen atoms in total. The average Bonchev–Trinajstić information content (AvgIpc) is 2.07. The van der Waals surface area contributed by atoms with E-state index in [4.69, 9.17) is 4.74 Å². The lowest BCUT2D eigenvalue weighted by Crippen LogP contribution is -2.16. The van der Waals surface area contributed by atoms with Crippen molar-refractivity contribution >= 4 is 10.2 Å². The van der Waals surface area contributed by atoms with E-state index in [0.717, 1.165) is 6.61 Å². The molecule has 0 saturated heterocycles. The molecule has 1 saturated carbocycles. The van der Waals surface area contributed by atoms with Crippen molar-refractivity contribution in [2.75, 3.05) is 6.61 Å². The standard InChI is InChI=1S/C9H20OSi/c11-8-4-7-10-9-5-2-1-3-6-9/h9H,1-8H2,11H3. The maximum Gasteiger partial charge on any atom is 0.0575 e. The highest BCUT2D eigenvalue weighted by molar-refractivity contribution is 6.08. The molecule has 0 atom stereocenters. The summed E-state index contributed by atoms with van der Waals surface area (Å²) in [4.78, 5) is 0. The Morgan fingerprint density at radius 2 is 1.91 bits per heavy atom. The van der Waals surface area contributed by atoms with Crippen LogP contribution in [0.25, 0.3) is 0 Å². The van der Waals surface area contributed by atoms with Crippen LogP contribution in [0.1, 0.15) is 38.5 Å². The molecule has 1 rings (SSSR count). The first kappa shape index (κ1) is 9.27. The van der Waals surface area contributed by atoms with Gasteiger partial charge in [0.25, 0.3) is 0 Å². The molecule has 0 aromatic carbocycles. The van der Waals surface area contributed by atoms with Crippen molar-refractivity contribution in [2.45, 2.75) is 50.7 Å². The van der Waals surface area contributed by atoms with E-state index in [2.05, 4.69) is 0 Å². The van der Waals surface area contributed by atoms with E-state index in [1.807, 2.05) is 0 Å². The lowest BCUT2D eigenvalue weighted by atomic mass is 9.98. The minimum Gasteiger partial charge on any atom is -0.378 e. The Morgan fingerprint density at radius 3 is 2.55 bits per heavy atom. The molecule has 0 aromatic heterocycles. The summed E-state index contributed by atoms with van der Waals surface area (Å²) in [7, 11) is 1.34. The van der Waals surface area contributed by atoms with E-state index >= 15 is 0 Å². The zero-order valence-corrected chi connectivity index (χ0v) is 9.64. The van der Waals surface area contributed by atoms with Crippen LogP contribution in [0.3, 0.4) is 0 Å². The van der Waals surface area contributed by atoms with Crippen molar-refractivity contribution in [1.82, 2.24) is 0 Å². The van der Waals surface area contributed by atoms with Crippen molar-refractivity contribution in [3.05, 3.63) is 0 Å². The zero-order chi connectivity index (χ0) is 7.94. The summed E-state index contributed by atoms with van der Waals surface area (Å²) >= 11 is 0. The highest BCUT2D eigenvalue weighted by atomic mass is 28.1. The topological polar surface area (TPSA) is 9.23 Å². The van der Waals surface area contributed by atoms with Gasteiger partial charge >= 0.3 is 0 Å². The SMILES string of the molecule is [SiH3]CCCOC1CCCCC1. The minimum absolute atomic E-state index is 0.622. The first-order valence-electron chi connectivity index (χ1n) is 5.05. The molecule has 0 unspecified atom stereocenters. The predicted molar refractivity (Wildman–Crippen MR) is 52.2 cm³/mol. The number of hydrogen-bond acceptors (Lipinski definition) is 1. The first-order valence-corrected chi connectivity index (χ1v) is 6.46. The van der Waals surface area contributed by atoms with Gasteiger partial charge in [0, 0.05) is 16.8 Å². The largest absolute Gasteiger partial charge is 0.378 e. The molecule has 1 fully saturated rings. The molecule has 0 bridgehead atoms. The summed E-state index contributed by atoms with van der Waals surface area (Å²) in [6.45, 7) is 1.02. The lowest BCUT2D eigenvalue weighted by Gasteiger charge is -2.21. The number of ether oxygens (including phenoxy) is 1. The molecule has 0 N–H and O–H groups in total. The third kappa shape index (κ3) is 3.92. The van der Waals surface area contributed by atoms with Crippen LogP contribution in [0.2, 0.25) is 6.04 Å². The molecule has 1 aliphatic rings. The molecule has 0 radical (unpaired) electrons. The minimum atomic E-state index is 0.622. The van der Waals surface area contributed by atoms with Gasteiger partial charge < -0.3 is 4.74 Å². The number of hydrogen-bond donors (Lipinski definition) is 0. The Bertz CT molecular complexity index is 89.6. The van der Waals surface area contributed by atoms with Gasteiger partial charge in [-0.25, -0.2) is 0 Å². The van der Waals surface area contributed by atoms with E-state index < -0.39 is 0 Å². The van der Waals surface area contributed by atoms with Crippen LogP contribution < -0.4 is 0 Å². The van der Waals surface area contributed by atoms with Crippen molar-refractivity contribution in [3.63, 3.8) is 0 Å². The third-order valence-corrected chi connectivity index (χ3v) is 3.11. The second kappa shape index (κ2) is 5.78. The van der Waals surface area contributed by atoms with Gasteiger partial charge in [0.15, 0.2) is 0 Å². The smallest absolute Gasteiger partial charge is 0.0575 e. The summed E-state index contributed by atoms with van der Waals surface area (Å²) in [5.41, 5.74) is 0. The molecular weight excluding hydrogens is 152 g/mol. The summed E-state index contributed by atoms with van der Waals surface area (Å²) in [6, 6.07) is 1.40. The fraction of sp³-hybridized carbons (Fsp3) is 1.00. The molecule has 11 heavy (non-hydrogen) atoms. The van der Waals surface area contributed by atoms with Crippen LogP contribution in [0.15, 0.2) is 0 Å². The quantitative estimate of drug-likeness (QED) is 0.461. The monoisotopic (exact) mass is 172 g/mol. The van der Waals surface area contributed by atoms with Gasteiger partial charge in [-0.3, -0.25) is 0 Å². The summed E-state index contributed by atoms with van der Waals surface area (Å²) in [5.74, 6) is 0. The Hall–Kier alpha value is 0.177. The van der Waals surface area contributed by atoms with Gasteiger partial charge in [-0.2, -0.15) is 0 Å². The fourth-order valence-electron chi connectivity index (χ4n) is 1.63. The van der Waals surface area contributed by atoms with Gasteiger partial charge in [0.2, 0.25) is 0 Å². The molecule has 0 spiro atoms. The van der Waals surface area contributed by atoms with Crippen LogP contribution >= 0.6 is 0 Å². The van der Waals surface area contributed by atoms with Gasteiger partial charge in [-0.15, -0.1) is 0 Å². The molecule has 0 aromatic rings. The van der Waals surface area contributed by atoms with E-state index in [9.17, 15) is 0 Å². The van der Waals surface area contributed by atoms with E-state index in [1.165, 1.54) is 54.8 Å². The molecule has 2 heteroatoms.